The molecule has 3 N–H and O–H groups in total. The quantitative estimate of drug-likeness (QED) is 0.624. The molecule has 3 amide bonds. The third kappa shape index (κ3) is 6.85. The van der Waals surface area contributed by atoms with Gasteiger partial charge < -0.3 is 15.3 Å². The normalized spacial score (nSPS) is 11.2. The number of hydrogen-bond acceptors (Lipinski definition) is 4. The number of amides is 3. The van der Waals surface area contributed by atoms with E-state index in [1.54, 1.807) is 0 Å². The van der Waals surface area contributed by atoms with Crippen molar-refractivity contribution >= 4 is 17.9 Å². The molecule has 0 rings (SSSR count). The Morgan fingerprint density at radius 1 is 1.17 bits per heavy atom. The number of aliphatic carboxylic acids is 1. The Morgan fingerprint density at radius 3 is 2.17 bits per heavy atom. The van der Waals surface area contributed by atoms with Gasteiger partial charge in [-0.1, -0.05) is 0 Å². The second-order valence-corrected chi connectivity index (χ2v) is 4.83. The highest BCUT2D eigenvalue weighted by molar-refractivity contribution is 5.95. The maximum atomic E-state index is 11.4. The first-order valence-electron chi connectivity index (χ1n) is 5.62. The van der Waals surface area contributed by atoms with Gasteiger partial charge in [0.1, 0.15) is 0 Å². The van der Waals surface area contributed by atoms with Gasteiger partial charge in [-0.15, -0.1) is 0 Å². The number of carbonyl (C=O) groups excluding carboxylic acids is 2. The molecule has 0 heterocycles. The largest absolute Gasteiger partial charge is 0.481 e. The molecule has 0 aliphatic carbocycles. The molecule has 18 heavy (non-hydrogen) atoms. The molecule has 0 aromatic carbocycles. The zero-order valence-corrected chi connectivity index (χ0v) is 11.2. The zero-order valence-electron chi connectivity index (χ0n) is 11.2. The summed E-state index contributed by atoms with van der Waals surface area (Å²) in [5.74, 6) is -1.67. The Hall–Kier alpha value is -1.63. The van der Waals surface area contributed by atoms with E-state index >= 15 is 0 Å². The van der Waals surface area contributed by atoms with E-state index in [9.17, 15) is 14.4 Å². The van der Waals surface area contributed by atoms with Crippen molar-refractivity contribution in [3.63, 3.8) is 0 Å². The fraction of sp³-hybridized carbons (Fsp3) is 0.727. The third-order valence-electron chi connectivity index (χ3n) is 2.71. The zero-order chi connectivity index (χ0) is 14.3. The predicted molar refractivity (Wildman–Crippen MR) is 66.2 cm³/mol. The second-order valence-electron chi connectivity index (χ2n) is 4.83. The Labute approximate surface area is 107 Å². The molecular weight excluding hydrogens is 238 g/mol. The molecule has 0 aromatic rings. The van der Waals surface area contributed by atoms with Gasteiger partial charge in [-0.2, -0.15) is 0 Å². The summed E-state index contributed by atoms with van der Waals surface area (Å²) in [5.41, 5.74) is -0.235. The summed E-state index contributed by atoms with van der Waals surface area (Å²) in [4.78, 5) is 34.7. The van der Waals surface area contributed by atoms with Crippen LogP contribution in [0.4, 0.5) is 4.79 Å². The lowest BCUT2D eigenvalue weighted by molar-refractivity contribution is -0.138. The first kappa shape index (κ1) is 16.4. The molecule has 0 aromatic heterocycles. The summed E-state index contributed by atoms with van der Waals surface area (Å²) in [6, 6.07) is -0.611. The van der Waals surface area contributed by atoms with Crippen LogP contribution in [-0.2, 0) is 9.59 Å². The fourth-order valence-corrected chi connectivity index (χ4v) is 0.908. The van der Waals surface area contributed by atoms with E-state index in [-0.39, 0.29) is 18.4 Å². The Morgan fingerprint density at radius 2 is 1.72 bits per heavy atom. The lowest BCUT2D eigenvalue weighted by atomic mass is 10.1. The van der Waals surface area contributed by atoms with Crippen molar-refractivity contribution in [2.45, 2.75) is 32.2 Å². The van der Waals surface area contributed by atoms with Gasteiger partial charge in [-0.05, 0) is 27.9 Å². The first-order valence-corrected chi connectivity index (χ1v) is 5.62. The molecule has 0 unspecified atom stereocenters. The monoisotopic (exact) mass is 259 g/mol. The minimum atomic E-state index is -1.07. The Bertz CT molecular complexity index is 326. The van der Waals surface area contributed by atoms with Crippen LogP contribution >= 0.6 is 0 Å². The van der Waals surface area contributed by atoms with Gasteiger partial charge in [0.2, 0.25) is 5.91 Å². The molecule has 0 atom stereocenters. The Balaban J connectivity index is 3.98. The van der Waals surface area contributed by atoms with Gasteiger partial charge in [-0.25, -0.2) is 4.79 Å². The summed E-state index contributed by atoms with van der Waals surface area (Å²) >= 11 is 0. The number of carboxylic acids is 1. The second kappa shape index (κ2) is 6.95. The van der Waals surface area contributed by atoms with Crippen LogP contribution in [0.5, 0.6) is 0 Å². The van der Waals surface area contributed by atoms with Crippen LogP contribution in [0.3, 0.4) is 0 Å². The molecule has 7 heteroatoms. The van der Waals surface area contributed by atoms with Crippen molar-refractivity contribution in [2.75, 3.05) is 20.6 Å². The van der Waals surface area contributed by atoms with Crippen LogP contribution in [0.25, 0.3) is 0 Å². The molecule has 104 valence electrons. The lowest BCUT2D eigenvalue weighted by Gasteiger charge is -2.32. The predicted octanol–water partition coefficient (Wildman–Crippen LogP) is 0.0172. The number of nitrogens with zero attached hydrogens (tertiary/aromatic N) is 1. The highest BCUT2D eigenvalue weighted by atomic mass is 16.4. The van der Waals surface area contributed by atoms with Crippen LogP contribution in [0.2, 0.25) is 0 Å². The average Bonchev–Trinajstić information content (AvgIpc) is 2.23. The first-order chi connectivity index (χ1) is 8.15. The SMILES string of the molecule is CN(C)C(C)(C)CNC(=O)NC(=O)CCC(=O)O. The van der Waals surface area contributed by atoms with Gasteiger partial charge in [0.15, 0.2) is 0 Å². The minimum Gasteiger partial charge on any atom is -0.481 e. The maximum Gasteiger partial charge on any atom is 0.321 e. The van der Waals surface area contributed by atoms with Crippen molar-refractivity contribution in [3.8, 4) is 0 Å². The number of likely N-dealkylation sites (N-methyl/N-ethyl adjacent to an activating group) is 1. The molecule has 0 fully saturated rings. The lowest BCUT2D eigenvalue weighted by Crippen LogP contribution is -2.51. The van der Waals surface area contributed by atoms with Crippen molar-refractivity contribution in [1.29, 1.82) is 0 Å². The molecule has 0 saturated carbocycles. The molecule has 0 bridgehead atoms. The number of rotatable bonds is 6. The van der Waals surface area contributed by atoms with Crippen LogP contribution < -0.4 is 10.6 Å². The number of hydrogen-bond donors (Lipinski definition) is 3. The molecule has 0 saturated heterocycles. The van der Waals surface area contributed by atoms with Crippen LogP contribution in [0.15, 0.2) is 0 Å². The highest BCUT2D eigenvalue weighted by Crippen LogP contribution is 2.07. The summed E-state index contributed by atoms with van der Waals surface area (Å²) in [7, 11) is 3.77. The van der Waals surface area contributed by atoms with Gasteiger partial charge in [-0.3, -0.25) is 14.9 Å². The molecule has 7 nitrogen and oxygen atoms in total. The smallest absolute Gasteiger partial charge is 0.321 e. The molecular formula is C11H21N3O4. The van der Waals surface area contributed by atoms with Crippen LogP contribution in [-0.4, -0.2) is 54.1 Å². The van der Waals surface area contributed by atoms with Crippen LogP contribution in [0.1, 0.15) is 26.7 Å². The van der Waals surface area contributed by atoms with E-state index in [0.29, 0.717) is 6.54 Å². The van der Waals surface area contributed by atoms with Crippen molar-refractivity contribution < 1.29 is 19.5 Å². The number of carbonyl (C=O) groups is 3. The number of carboxylic acid groups (broad SMARTS) is 1. The summed E-state index contributed by atoms with van der Waals surface area (Å²) in [6.07, 6.45) is -0.498. The van der Waals surface area contributed by atoms with Crippen LogP contribution in [0, 0.1) is 0 Å². The molecule has 0 spiro atoms. The topological polar surface area (TPSA) is 98.7 Å². The fourth-order valence-electron chi connectivity index (χ4n) is 0.908. The van der Waals surface area contributed by atoms with Crippen molar-refractivity contribution in [3.05, 3.63) is 0 Å². The van der Waals surface area contributed by atoms with E-state index in [4.69, 9.17) is 5.11 Å². The summed E-state index contributed by atoms with van der Waals surface area (Å²) in [6.45, 7) is 4.26. The van der Waals surface area contributed by atoms with E-state index < -0.39 is 17.9 Å². The van der Waals surface area contributed by atoms with E-state index in [1.807, 2.05) is 32.8 Å². The summed E-state index contributed by atoms with van der Waals surface area (Å²) < 4.78 is 0. The van der Waals surface area contributed by atoms with Gasteiger partial charge >= 0.3 is 12.0 Å². The number of nitrogens with one attached hydrogen (secondary N) is 2. The number of urea groups is 1. The molecule has 0 aliphatic rings. The van der Waals surface area contributed by atoms with E-state index in [0.717, 1.165) is 0 Å². The maximum absolute atomic E-state index is 11.4. The molecule has 0 aliphatic heterocycles. The van der Waals surface area contributed by atoms with E-state index in [1.165, 1.54) is 0 Å². The van der Waals surface area contributed by atoms with Gasteiger partial charge in [0, 0.05) is 18.5 Å². The standard InChI is InChI=1S/C11H21N3O4/c1-11(2,14(3)4)7-12-10(18)13-8(15)5-6-9(16)17/h5-7H2,1-4H3,(H,16,17)(H2,12,13,15,18). The third-order valence-corrected chi connectivity index (χ3v) is 2.71. The van der Waals surface area contributed by atoms with Gasteiger partial charge in [0.25, 0.3) is 0 Å². The average molecular weight is 259 g/mol. The minimum absolute atomic E-state index is 0.209. The number of imide groups is 1. The Kier molecular flexibility index (Phi) is 6.32. The summed E-state index contributed by atoms with van der Waals surface area (Å²) in [5, 5.41) is 13.0. The van der Waals surface area contributed by atoms with E-state index in [2.05, 4.69) is 10.6 Å². The molecule has 0 radical (unpaired) electrons. The van der Waals surface area contributed by atoms with Crippen molar-refractivity contribution in [1.82, 2.24) is 15.5 Å². The van der Waals surface area contributed by atoms with Gasteiger partial charge in [0.05, 0.1) is 6.42 Å². The highest BCUT2D eigenvalue weighted by Gasteiger charge is 2.21. The van der Waals surface area contributed by atoms with Crippen molar-refractivity contribution in [2.24, 2.45) is 0 Å².